The van der Waals surface area contributed by atoms with E-state index in [4.69, 9.17) is 57.1 Å². The molecule has 4 N–H and O–H groups in total. The number of ether oxygens (including phenoxy) is 11. The number of hydrogen-bond donors (Lipinski definition) is 4. The van der Waals surface area contributed by atoms with Gasteiger partial charge in [0.05, 0.1) is 154 Å². The summed E-state index contributed by atoms with van der Waals surface area (Å²) in [5.74, 6) is -1.74. The van der Waals surface area contributed by atoms with Crippen LogP contribution in [0.3, 0.4) is 0 Å². The number of likely N-dealkylation sites (tertiary alicyclic amines) is 1. The van der Waals surface area contributed by atoms with E-state index in [0.717, 1.165) is 42.2 Å². The van der Waals surface area contributed by atoms with Crippen LogP contribution in [0.1, 0.15) is 108 Å². The van der Waals surface area contributed by atoms with Crippen molar-refractivity contribution in [2.75, 3.05) is 139 Å². The number of nitrogens with zero attached hydrogens (tertiary/aromatic N) is 6. The summed E-state index contributed by atoms with van der Waals surface area (Å²) in [6.45, 7) is 16.0. The van der Waals surface area contributed by atoms with Crippen molar-refractivity contribution < 1.29 is 90.8 Å². The van der Waals surface area contributed by atoms with Gasteiger partial charge in [0.25, 0.3) is 5.56 Å². The minimum Gasteiger partial charge on any atom is -0.508 e. The average Bonchev–Trinajstić information content (AvgIpc) is 1.54. The third-order valence-electron chi connectivity index (χ3n) is 17.5. The highest BCUT2D eigenvalue weighted by Gasteiger charge is 2.49. The van der Waals surface area contributed by atoms with E-state index in [1.807, 2.05) is 20.8 Å². The Hall–Kier alpha value is -7.35. The number of aryl methyl sites for hydroxylation is 1. The van der Waals surface area contributed by atoms with Crippen LogP contribution in [0.25, 0.3) is 22.3 Å². The van der Waals surface area contributed by atoms with Gasteiger partial charge in [-0.3, -0.25) is 38.5 Å². The van der Waals surface area contributed by atoms with Gasteiger partial charge in [-0.25, -0.2) is 14.5 Å². The summed E-state index contributed by atoms with van der Waals surface area (Å²) in [6.07, 6.45) is 4.83. The predicted octanol–water partition coefficient (Wildman–Crippen LogP) is 3.48. The number of phenolic OH excluding ortho intramolecular Hbond substituents is 1. The summed E-state index contributed by atoms with van der Waals surface area (Å²) < 4.78 is 64.5. The molecule has 5 amide bonds. The second-order valence-corrected chi connectivity index (χ2v) is 24.6. The molecule has 29 heteroatoms. The van der Waals surface area contributed by atoms with E-state index in [1.165, 1.54) is 4.90 Å². The molecular weight excluding hydrogens is 1250 g/mol. The zero-order valence-electron chi connectivity index (χ0n) is 56.0. The first-order valence-electron chi connectivity index (χ1n) is 33.6. The Kier molecular flexibility index (Phi) is 29.4. The van der Waals surface area contributed by atoms with Crippen molar-refractivity contribution in [3.63, 3.8) is 0 Å². The van der Waals surface area contributed by atoms with Crippen molar-refractivity contribution in [1.29, 1.82) is 0 Å². The second-order valence-electron chi connectivity index (χ2n) is 24.6. The zero-order valence-corrected chi connectivity index (χ0v) is 56.0. The van der Waals surface area contributed by atoms with Crippen LogP contribution in [-0.2, 0) is 119 Å². The van der Waals surface area contributed by atoms with E-state index in [1.54, 1.807) is 53.6 Å². The molecule has 1 saturated carbocycles. The van der Waals surface area contributed by atoms with Crippen molar-refractivity contribution in [3.8, 4) is 17.1 Å². The fraction of sp³-hybridized carbons (Fsp3) is 0.657. The monoisotopic (exact) mass is 1350 g/mol. The van der Waals surface area contributed by atoms with Crippen molar-refractivity contribution in [1.82, 2.24) is 45.4 Å². The maximum Gasteiger partial charge on any atom is 0.509 e. The molecule has 4 aliphatic rings. The molecule has 3 aromatic heterocycles. The maximum atomic E-state index is 14.2. The van der Waals surface area contributed by atoms with E-state index in [9.17, 15) is 43.5 Å². The Balaban J connectivity index is 0.555. The highest BCUT2D eigenvalue weighted by Crippen LogP contribution is 2.43. The number of Topliss-reactive ketones (excluding diaryl/α,β-unsaturated/α-hetero) is 1. The lowest BCUT2D eigenvalue weighted by atomic mass is 9.76. The largest absolute Gasteiger partial charge is 0.509 e. The summed E-state index contributed by atoms with van der Waals surface area (Å²) in [4.78, 5) is 110. The van der Waals surface area contributed by atoms with E-state index >= 15 is 0 Å². The molecule has 8 rings (SSSR count). The van der Waals surface area contributed by atoms with Gasteiger partial charge < -0.3 is 77.7 Å². The lowest BCUT2D eigenvalue weighted by molar-refractivity contribution is -0.144. The summed E-state index contributed by atoms with van der Waals surface area (Å²) in [6, 6.07) is 6.01. The van der Waals surface area contributed by atoms with Gasteiger partial charge in [0.2, 0.25) is 29.5 Å². The average molecular weight is 1350 g/mol. The Labute approximate surface area is 558 Å². The van der Waals surface area contributed by atoms with Gasteiger partial charge in [0, 0.05) is 59.8 Å². The number of rotatable bonds is 43. The fourth-order valence-corrected chi connectivity index (χ4v) is 12.2. The van der Waals surface area contributed by atoms with Gasteiger partial charge >= 0.3 is 6.16 Å². The summed E-state index contributed by atoms with van der Waals surface area (Å²) in [7, 11) is 0. The van der Waals surface area contributed by atoms with E-state index in [-0.39, 0.29) is 117 Å². The molecule has 0 bridgehead atoms. The molecular formula is C67H95N9O20. The Morgan fingerprint density at radius 3 is 1.94 bits per heavy atom. The standard InChI is InChI=1S/C67H95N9O20/c1-6-50-52-35-49(77)12-14-55(52)71-62-53(50)40-75-57(62)36-54-51(65(75)84)13-15-58(78)67(54,7-2)96-66(85)95-41-56(44(3)4)70-60(80)43-94-42-59(79)68-16-18-86-20-22-88-24-26-90-28-30-92-32-33-93-31-29-91-27-25-89-23-21-87-19-17-74-39-48(72-73-74)37-69-63(82)47-10-8-46(9-11-47)38-76-61(81)34-45(5)64(76)83/h12,14,35-36,39,44-47,56,77H,6-11,13,15-34,37-38,40-43H2,1-5H3,(H,68,79)(H,69,82)(H,70,80). The van der Waals surface area contributed by atoms with E-state index in [0.29, 0.717) is 159 Å². The fourth-order valence-electron chi connectivity index (χ4n) is 12.2. The maximum absolute atomic E-state index is 14.2. The topological polar surface area (TPSA) is 346 Å². The highest BCUT2D eigenvalue weighted by atomic mass is 16.7. The number of carbonyl (C=O) groups is 7. The van der Waals surface area contributed by atoms with Gasteiger partial charge in [-0.1, -0.05) is 39.8 Å². The summed E-state index contributed by atoms with van der Waals surface area (Å²) >= 11 is 0. The minimum absolute atomic E-state index is 0.0140. The number of fused-ring (bicyclic) bond motifs is 5. The molecule has 4 aromatic rings. The van der Waals surface area contributed by atoms with Crippen LogP contribution in [0.15, 0.2) is 35.3 Å². The van der Waals surface area contributed by atoms with Crippen LogP contribution < -0.4 is 21.5 Å². The van der Waals surface area contributed by atoms with Crippen LogP contribution >= 0.6 is 0 Å². The molecule has 0 radical (unpaired) electrons. The first-order valence-corrected chi connectivity index (χ1v) is 33.6. The molecule has 3 unspecified atom stereocenters. The van der Waals surface area contributed by atoms with Crippen molar-refractivity contribution >= 4 is 52.4 Å². The summed E-state index contributed by atoms with van der Waals surface area (Å²) in [5, 5.41) is 27.7. The SMILES string of the molecule is CCc1c2c(nc3ccc(O)cc13)-c1cc3c(c(=O)n1C2)CCC(=O)C3(CC)OC(=O)OCC(NC(=O)COCC(=O)NCCOCCOCCOCCOCCOCCOCCOCCOCCn1cc(CNC(=O)C2CCC(CN3C(=O)CC(C)C3=O)CC2)nn1)C(C)C. The normalized spacial score (nSPS) is 18.6. The molecule has 528 valence electrons. The van der Waals surface area contributed by atoms with E-state index in [2.05, 4.69) is 26.3 Å². The zero-order chi connectivity index (χ0) is 68.4. The number of aromatic hydroxyl groups is 1. The highest BCUT2D eigenvalue weighted by molar-refractivity contribution is 6.03. The van der Waals surface area contributed by atoms with Crippen LogP contribution in [0.2, 0.25) is 0 Å². The number of hydrogen-bond acceptors (Lipinski definition) is 23. The van der Waals surface area contributed by atoms with Crippen LogP contribution in [0, 0.1) is 23.7 Å². The molecule has 2 aliphatic heterocycles. The molecule has 1 aromatic carbocycles. The van der Waals surface area contributed by atoms with Gasteiger partial charge in [-0.2, -0.15) is 0 Å². The molecule has 0 spiro atoms. The first-order chi connectivity index (χ1) is 46.5. The first kappa shape index (κ1) is 74.4. The minimum atomic E-state index is -1.80. The third-order valence-corrected chi connectivity index (χ3v) is 17.5. The van der Waals surface area contributed by atoms with Crippen molar-refractivity contribution in [2.45, 2.75) is 124 Å². The van der Waals surface area contributed by atoms with Crippen LogP contribution in [0.4, 0.5) is 4.79 Å². The number of aromatic nitrogens is 5. The van der Waals surface area contributed by atoms with Gasteiger partial charge in [0.1, 0.15) is 31.3 Å². The summed E-state index contributed by atoms with van der Waals surface area (Å²) in [5.41, 5.74) is 2.81. The molecule has 2 aliphatic carbocycles. The molecule has 2 fully saturated rings. The lowest BCUT2D eigenvalue weighted by Gasteiger charge is -2.36. The number of benzene rings is 1. The number of nitrogens with one attached hydrogen (secondary N) is 3. The Bertz CT molecular complexity index is 3310. The smallest absolute Gasteiger partial charge is 0.508 e. The number of phenols is 1. The Morgan fingerprint density at radius 2 is 1.34 bits per heavy atom. The Morgan fingerprint density at radius 1 is 0.729 bits per heavy atom. The molecule has 1 saturated heterocycles. The molecule has 96 heavy (non-hydrogen) atoms. The number of pyridine rings is 2. The third kappa shape index (κ3) is 21.1. The molecule has 29 nitrogen and oxygen atoms in total. The van der Waals surface area contributed by atoms with Crippen molar-refractivity contribution in [3.05, 3.63) is 68.8 Å². The molecule has 3 atom stereocenters. The number of ketones is 1. The van der Waals surface area contributed by atoms with Gasteiger partial charge in [-0.15, -0.1) is 5.10 Å². The number of imide groups is 1. The van der Waals surface area contributed by atoms with E-state index < -0.39 is 36.2 Å². The second kappa shape index (κ2) is 38.0. The number of carbonyl (C=O) groups excluding carboxylic acids is 7. The van der Waals surface area contributed by atoms with Gasteiger partial charge in [0.15, 0.2) is 11.4 Å². The number of amides is 5. The van der Waals surface area contributed by atoms with Crippen LogP contribution in [-0.4, -0.2) is 221 Å². The van der Waals surface area contributed by atoms with Crippen molar-refractivity contribution in [2.24, 2.45) is 23.7 Å². The lowest BCUT2D eigenvalue weighted by Crippen LogP contribution is -2.47. The van der Waals surface area contributed by atoms with Gasteiger partial charge in [-0.05, 0) is 86.6 Å². The molecule has 5 heterocycles. The van der Waals surface area contributed by atoms with Crippen LogP contribution in [0.5, 0.6) is 5.75 Å². The predicted molar refractivity (Wildman–Crippen MR) is 344 cm³/mol. The quantitative estimate of drug-likeness (QED) is 0.0246.